The predicted molar refractivity (Wildman–Crippen MR) is 73.3 cm³/mol. The third-order valence-electron chi connectivity index (χ3n) is 2.30. The van der Waals surface area contributed by atoms with Crippen molar-refractivity contribution in [2.24, 2.45) is 0 Å². The van der Waals surface area contributed by atoms with Crippen LogP contribution in [0.15, 0.2) is 53.8 Å². The number of halogens is 1. The van der Waals surface area contributed by atoms with E-state index in [4.69, 9.17) is 0 Å². The van der Waals surface area contributed by atoms with Crippen LogP contribution in [0.1, 0.15) is 5.56 Å². The highest BCUT2D eigenvalue weighted by Crippen LogP contribution is 2.07. The van der Waals surface area contributed by atoms with E-state index in [-0.39, 0.29) is 0 Å². The SMILES string of the molecule is C=C(Br)CNCc1cnn(-c2ccccc2)c1. The van der Waals surface area contributed by atoms with Crippen LogP contribution in [0.5, 0.6) is 0 Å². The van der Waals surface area contributed by atoms with Crippen molar-refractivity contribution in [1.29, 1.82) is 0 Å². The molecule has 0 aliphatic carbocycles. The number of nitrogens with zero attached hydrogens (tertiary/aromatic N) is 2. The first-order valence-electron chi connectivity index (χ1n) is 5.38. The van der Waals surface area contributed by atoms with Crippen LogP contribution in [0.4, 0.5) is 0 Å². The molecule has 0 fully saturated rings. The summed E-state index contributed by atoms with van der Waals surface area (Å²) in [6, 6.07) is 10.1. The summed E-state index contributed by atoms with van der Waals surface area (Å²) in [5, 5.41) is 7.59. The van der Waals surface area contributed by atoms with Crippen molar-refractivity contribution in [2.45, 2.75) is 6.54 Å². The highest BCUT2D eigenvalue weighted by molar-refractivity contribution is 9.11. The Kier molecular flexibility index (Phi) is 4.12. The topological polar surface area (TPSA) is 29.9 Å². The maximum atomic E-state index is 4.33. The monoisotopic (exact) mass is 291 g/mol. The molecule has 2 rings (SSSR count). The molecule has 0 unspecified atom stereocenters. The first-order valence-corrected chi connectivity index (χ1v) is 6.18. The molecule has 2 aromatic rings. The van der Waals surface area contributed by atoms with Crippen molar-refractivity contribution >= 4 is 15.9 Å². The Morgan fingerprint density at radius 1 is 1.35 bits per heavy atom. The van der Waals surface area contributed by atoms with Crippen molar-refractivity contribution in [3.05, 3.63) is 59.4 Å². The van der Waals surface area contributed by atoms with Crippen molar-refractivity contribution in [2.75, 3.05) is 6.54 Å². The number of para-hydroxylation sites is 1. The summed E-state index contributed by atoms with van der Waals surface area (Å²) in [6.07, 6.45) is 3.90. The molecule has 0 atom stereocenters. The Morgan fingerprint density at radius 2 is 2.12 bits per heavy atom. The van der Waals surface area contributed by atoms with Gasteiger partial charge in [-0.3, -0.25) is 0 Å². The lowest BCUT2D eigenvalue weighted by atomic mass is 10.3. The molecule has 3 nitrogen and oxygen atoms in total. The minimum absolute atomic E-state index is 0.760. The molecule has 0 saturated heterocycles. The minimum atomic E-state index is 0.760. The molecule has 1 aromatic carbocycles. The van der Waals surface area contributed by atoms with Gasteiger partial charge in [-0.2, -0.15) is 5.10 Å². The van der Waals surface area contributed by atoms with E-state index in [2.05, 4.69) is 32.9 Å². The van der Waals surface area contributed by atoms with Crippen molar-refractivity contribution in [1.82, 2.24) is 15.1 Å². The quantitative estimate of drug-likeness (QED) is 0.918. The van der Waals surface area contributed by atoms with Gasteiger partial charge in [0, 0.05) is 29.3 Å². The highest BCUT2D eigenvalue weighted by Gasteiger charge is 2.00. The average molecular weight is 292 g/mol. The molecule has 1 N–H and O–H groups in total. The second kappa shape index (κ2) is 5.80. The Balaban J connectivity index is 1.99. The second-order valence-corrected chi connectivity index (χ2v) is 4.87. The Bertz CT molecular complexity index is 490. The third-order valence-corrected chi connectivity index (χ3v) is 2.58. The summed E-state index contributed by atoms with van der Waals surface area (Å²) in [4.78, 5) is 0. The van der Waals surface area contributed by atoms with E-state index in [0.717, 1.165) is 28.8 Å². The van der Waals surface area contributed by atoms with E-state index in [0.29, 0.717) is 0 Å². The highest BCUT2D eigenvalue weighted by atomic mass is 79.9. The number of benzene rings is 1. The fourth-order valence-electron chi connectivity index (χ4n) is 1.52. The van der Waals surface area contributed by atoms with E-state index >= 15 is 0 Å². The summed E-state index contributed by atoms with van der Waals surface area (Å²) >= 11 is 3.31. The molecule has 1 aromatic heterocycles. The summed E-state index contributed by atoms with van der Waals surface area (Å²) in [7, 11) is 0. The van der Waals surface area contributed by atoms with E-state index in [1.54, 1.807) is 0 Å². The molecule has 0 saturated carbocycles. The molecule has 0 aliphatic heterocycles. The van der Waals surface area contributed by atoms with E-state index in [1.807, 2.05) is 47.4 Å². The van der Waals surface area contributed by atoms with E-state index < -0.39 is 0 Å². The van der Waals surface area contributed by atoms with Crippen molar-refractivity contribution < 1.29 is 0 Å². The van der Waals surface area contributed by atoms with Gasteiger partial charge in [-0.15, -0.1) is 0 Å². The summed E-state index contributed by atoms with van der Waals surface area (Å²) in [6.45, 7) is 5.32. The van der Waals surface area contributed by atoms with Gasteiger partial charge in [0.25, 0.3) is 0 Å². The lowest BCUT2D eigenvalue weighted by Crippen LogP contribution is -2.13. The van der Waals surface area contributed by atoms with Crippen LogP contribution in [0.25, 0.3) is 5.69 Å². The van der Waals surface area contributed by atoms with Gasteiger partial charge in [-0.25, -0.2) is 4.68 Å². The van der Waals surface area contributed by atoms with E-state index in [9.17, 15) is 0 Å². The molecule has 0 bridgehead atoms. The molecular weight excluding hydrogens is 278 g/mol. The second-order valence-electron chi connectivity index (χ2n) is 3.75. The molecule has 0 aliphatic rings. The van der Waals surface area contributed by atoms with Gasteiger partial charge in [0.2, 0.25) is 0 Å². The molecule has 4 heteroatoms. The summed E-state index contributed by atoms with van der Waals surface area (Å²) < 4.78 is 2.83. The lowest BCUT2D eigenvalue weighted by molar-refractivity contribution is 0.756. The van der Waals surface area contributed by atoms with Gasteiger partial charge >= 0.3 is 0 Å². The summed E-state index contributed by atoms with van der Waals surface area (Å²) in [5.74, 6) is 0. The van der Waals surface area contributed by atoms with Crippen LogP contribution in [-0.4, -0.2) is 16.3 Å². The van der Waals surface area contributed by atoms with Crippen LogP contribution in [-0.2, 0) is 6.54 Å². The summed E-state index contributed by atoms with van der Waals surface area (Å²) in [5.41, 5.74) is 2.23. The molecule has 17 heavy (non-hydrogen) atoms. The fraction of sp³-hybridized carbons (Fsp3) is 0.154. The molecule has 0 radical (unpaired) electrons. The Labute approximate surface area is 109 Å². The Hall–Kier alpha value is -1.39. The normalized spacial score (nSPS) is 10.4. The smallest absolute Gasteiger partial charge is 0.0645 e. The predicted octanol–water partition coefficient (Wildman–Crippen LogP) is 2.87. The number of rotatable bonds is 5. The van der Waals surface area contributed by atoms with Gasteiger partial charge in [0.15, 0.2) is 0 Å². The largest absolute Gasteiger partial charge is 0.308 e. The van der Waals surface area contributed by atoms with Crippen LogP contribution >= 0.6 is 15.9 Å². The molecule has 88 valence electrons. The zero-order chi connectivity index (χ0) is 12.1. The zero-order valence-corrected chi connectivity index (χ0v) is 11.0. The van der Waals surface area contributed by atoms with Gasteiger partial charge in [-0.05, 0) is 12.1 Å². The van der Waals surface area contributed by atoms with Gasteiger partial charge in [-0.1, -0.05) is 40.7 Å². The number of aromatic nitrogens is 2. The maximum absolute atomic E-state index is 4.33. The zero-order valence-electron chi connectivity index (χ0n) is 9.44. The fourth-order valence-corrected chi connectivity index (χ4v) is 1.71. The van der Waals surface area contributed by atoms with Gasteiger partial charge in [0.05, 0.1) is 11.9 Å². The molecule has 0 spiro atoms. The van der Waals surface area contributed by atoms with Crippen LogP contribution in [0.2, 0.25) is 0 Å². The molecular formula is C13H14BrN3. The average Bonchev–Trinajstić information content (AvgIpc) is 2.78. The minimum Gasteiger partial charge on any atom is -0.308 e. The number of hydrogen-bond acceptors (Lipinski definition) is 2. The van der Waals surface area contributed by atoms with Crippen molar-refractivity contribution in [3.63, 3.8) is 0 Å². The maximum Gasteiger partial charge on any atom is 0.0645 e. The van der Waals surface area contributed by atoms with Crippen LogP contribution in [0, 0.1) is 0 Å². The standard InChI is InChI=1S/C13H14BrN3/c1-11(14)7-15-8-12-9-16-17(10-12)13-5-3-2-4-6-13/h2-6,9-10,15H,1,7-8H2. The van der Waals surface area contributed by atoms with Crippen molar-refractivity contribution in [3.8, 4) is 5.69 Å². The molecule has 1 heterocycles. The first-order chi connectivity index (χ1) is 8.25. The number of hydrogen-bond donors (Lipinski definition) is 1. The van der Waals surface area contributed by atoms with E-state index in [1.165, 1.54) is 0 Å². The van der Waals surface area contributed by atoms with Gasteiger partial charge in [0.1, 0.15) is 0 Å². The number of nitrogens with one attached hydrogen (secondary N) is 1. The Morgan fingerprint density at radius 3 is 2.82 bits per heavy atom. The van der Waals surface area contributed by atoms with Gasteiger partial charge < -0.3 is 5.32 Å². The third kappa shape index (κ3) is 3.54. The van der Waals surface area contributed by atoms with Crippen LogP contribution in [0.3, 0.4) is 0 Å². The lowest BCUT2D eigenvalue weighted by Gasteiger charge is -2.01. The molecule has 0 amide bonds. The first kappa shape index (κ1) is 12.1. The van der Waals surface area contributed by atoms with Crippen LogP contribution < -0.4 is 5.32 Å².